The Labute approximate surface area is 131 Å². The maximum Gasteiger partial charge on any atom is 0.326 e. The molecule has 2 fully saturated rings. The average molecular weight is 331 g/mol. The Morgan fingerprint density at radius 2 is 1.86 bits per heavy atom. The fraction of sp³-hybridized carbons (Fsp3) is 0.867. The topological polar surface area (TPSA) is 91.8 Å². The first kappa shape index (κ1) is 17.2. The number of rotatable bonds is 5. The summed E-state index contributed by atoms with van der Waals surface area (Å²) in [6, 6.07) is -0.966. The van der Waals surface area contributed by atoms with Gasteiger partial charge in [0.2, 0.25) is 5.91 Å². The van der Waals surface area contributed by atoms with Gasteiger partial charge in [-0.25, -0.2) is 13.2 Å². The second-order valence-corrected chi connectivity index (χ2v) is 9.06. The van der Waals surface area contributed by atoms with Gasteiger partial charge in [0.1, 0.15) is 11.8 Å². The van der Waals surface area contributed by atoms with E-state index in [2.05, 4.69) is 0 Å². The Balaban J connectivity index is 2.16. The van der Waals surface area contributed by atoms with E-state index in [1.54, 1.807) is 13.8 Å². The van der Waals surface area contributed by atoms with E-state index in [0.717, 1.165) is 25.7 Å². The van der Waals surface area contributed by atoms with Gasteiger partial charge in [-0.15, -0.1) is 0 Å². The minimum Gasteiger partial charge on any atom is -0.480 e. The van der Waals surface area contributed by atoms with Gasteiger partial charge in [-0.3, -0.25) is 4.79 Å². The van der Waals surface area contributed by atoms with Crippen molar-refractivity contribution in [3.05, 3.63) is 0 Å². The van der Waals surface area contributed by atoms with E-state index in [-0.39, 0.29) is 23.6 Å². The van der Waals surface area contributed by atoms with Gasteiger partial charge in [0, 0.05) is 6.04 Å². The molecule has 1 amide bonds. The molecule has 1 saturated carbocycles. The van der Waals surface area contributed by atoms with Gasteiger partial charge in [0.05, 0.1) is 5.75 Å². The van der Waals surface area contributed by atoms with Crippen LogP contribution in [0.5, 0.6) is 0 Å². The molecule has 3 atom stereocenters. The van der Waals surface area contributed by atoms with Crippen LogP contribution in [-0.4, -0.2) is 53.9 Å². The number of likely N-dealkylation sites (tertiary alicyclic amines) is 1. The minimum absolute atomic E-state index is 0.0432. The van der Waals surface area contributed by atoms with Gasteiger partial charge in [-0.05, 0) is 31.1 Å². The molecule has 0 bridgehead atoms. The maximum absolute atomic E-state index is 12.5. The van der Waals surface area contributed by atoms with Crippen molar-refractivity contribution in [2.45, 2.75) is 58.0 Å². The molecule has 0 aromatic carbocycles. The zero-order valence-electron chi connectivity index (χ0n) is 13.2. The molecule has 1 aliphatic carbocycles. The predicted molar refractivity (Wildman–Crippen MR) is 82.1 cm³/mol. The molecule has 0 unspecified atom stereocenters. The lowest BCUT2D eigenvalue weighted by molar-refractivity contribution is -0.148. The standard InChI is InChI=1S/C15H25NO5S/c1-10(2)8-22(20,21)9-14(17)16-12-6-4-3-5-11(12)7-13(16)15(18)19/h10-13H,3-9H2,1-2H3,(H,18,19)/t11-,12+,13+/m1/s1. The highest BCUT2D eigenvalue weighted by molar-refractivity contribution is 7.92. The van der Waals surface area contributed by atoms with Crippen molar-refractivity contribution in [2.24, 2.45) is 11.8 Å². The van der Waals surface area contributed by atoms with Gasteiger partial charge < -0.3 is 10.0 Å². The first-order valence-electron chi connectivity index (χ1n) is 7.95. The Bertz CT molecular complexity index is 542. The number of hydrogen-bond donors (Lipinski definition) is 1. The number of carbonyl (C=O) groups is 2. The summed E-state index contributed by atoms with van der Waals surface area (Å²) in [5.74, 6) is -2.02. The number of fused-ring (bicyclic) bond motifs is 1. The zero-order valence-corrected chi connectivity index (χ0v) is 14.0. The monoisotopic (exact) mass is 331 g/mol. The minimum atomic E-state index is -3.49. The van der Waals surface area contributed by atoms with Crippen LogP contribution in [-0.2, 0) is 19.4 Å². The van der Waals surface area contributed by atoms with Gasteiger partial charge in [0.25, 0.3) is 0 Å². The Morgan fingerprint density at radius 3 is 2.45 bits per heavy atom. The molecule has 0 spiro atoms. The van der Waals surface area contributed by atoms with E-state index in [1.165, 1.54) is 4.90 Å². The second-order valence-electron chi connectivity index (χ2n) is 6.95. The third kappa shape index (κ3) is 3.80. The highest BCUT2D eigenvalue weighted by Gasteiger charge is 2.47. The number of sulfone groups is 1. The van der Waals surface area contributed by atoms with Crippen molar-refractivity contribution in [3.8, 4) is 0 Å². The van der Waals surface area contributed by atoms with Crippen molar-refractivity contribution >= 4 is 21.7 Å². The number of aliphatic carboxylic acids is 1. The first-order chi connectivity index (χ1) is 10.2. The molecule has 2 aliphatic rings. The van der Waals surface area contributed by atoms with Crippen molar-refractivity contribution in [2.75, 3.05) is 11.5 Å². The molecule has 6 nitrogen and oxygen atoms in total. The fourth-order valence-corrected chi connectivity index (χ4v) is 5.53. The summed E-state index contributed by atoms with van der Waals surface area (Å²) in [7, 11) is -3.49. The van der Waals surface area contributed by atoms with Gasteiger partial charge in [0.15, 0.2) is 9.84 Å². The maximum atomic E-state index is 12.5. The molecule has 0 aromatic rings. The predicted octanol–water partition coefficient (Wildman–Crippen LogP) is 1.30. The molecular weight excluding hydrogens is 306 g/mol. The molecule has 7 heteroatoms. The van der Waals surface area contributed by atoms with E-state index >= 15 is 0 Å². The number of carboxylic acid groups (broad SMARTS) is 1. The first-order valence-corrected chi connectivity index (χ1v) is 9.78. The Hall–Kier alpha value is -1.11. The van der Waals surface area contributed by atoms with Gasteiger partial charge >= 0.3 is 5.97 Å². The lowest BCUT2D eigenvalue weighted by Crippen LogP contribution is -2.48. The number of carboxylic acids is 1. The van der Waals surface area contributed by atoms with E-state index < -0.39 is 33.5 Å². The molecule has 2 rings (SSSR count). The quantitative estimate of drug-likeness (QED) is 0.820. The van der Waals surface area contributed by atoms with Crippen LogP contribution < -0.4 is 0 Å². The number of nitrogens with zero attached hydrogens (tertiary/aromatic N) is 1. The number of hydrogen-bond acceptors (Lipinski definition) is 4. The lowest BCUT2D eigenvalue weighted by atomic mass is 9.85. The second kappa shape index (κ2) is 6.56. The summed E-state index contributed by atoms with van der Waals surface area (Å²) < 4.78 is 24.1. The fourth-order valence-electron chi connectivity index (χ4n) is 3.87. The van der Waals surface area contributed by atoms with Crippen molar-refractivity contribution in [3.63, 3.8) is 0 Å². The van der Waals surface area contributed by atoms with Crippen molar-refractivity contribution in [1.29, 1.82) is 0 Å². The van der Waals surface area contributed by atoms with Crippen LogP contribution in [0.2, 0.25) is 0 Å². The van der Waals surface area contributed by atoms with Crippen LogP contribution in [0.25, 0.3) is 0 Å². The molecular formula is C15H25NO5S. The van der Waals surface area contributed by atoms with Gasteiger partial charge in [-0.2, -0.15) is 0 Å². The molecule has 1 aliphatic heterocycles. The van der Waals surface area contributed by atoms with E-state index in [9.17, 15) is 23.1 Å². The van der Waals surface area contributed by atoms with Crippen LogP contribution in [0.3, 0.4) is 0 Å². The van der Waals surface area contributed by atoms with E-state index in [0.29, 0.717) is 6.42 Å². The lowest BCUT2D eigenvalue weighted by Gasteiger charge is -2.33. The Morgan fingerprint density at radius 1 is 1.23 bits per heavy atom. The molecule has 0 radical (unpaired) electrons. The summed E-state index contributed by atoms with van der Waals surface area (Å²) in [6.07, 6.45) is 4.19. The smallest absolute Gasteiger partial charge is 0.326 e. The number of amides is 1. The van der Waals surface area contributed by atoms with Crippen LogP contribution in [0.15, 0.2) is 0 Å². The summed E-state index contributed by atoms with van der Waals surface area (Å²) >= 11 is 0. The Kier molecular flexibility index (Phi) is 5.14. The molecule has 22 heavy (non-hydrogen) atoms. The molecule has 0 aromatic heterocycles. The molecule has 1 saturated heterocycles. The van der Waals surface area contributed by atoms with E-state index in [1.807, 2.05) is 0 Å². The third-order valence-corrected chi connectivity index (χ3v) is 6.45. The normalized spacial score (nSPS) is 28.7. The van der Waals surface area contributed by atoms with E-state index in [4.69, 9.17) is 0 Å². The summed E-state index contributed by atoms with van der Waals surface area (Å²) in [4.78, 5) is 25.3. The summed E-state index contributed by atoms with van der Waals surface area (Å²) in [5, 5.41) is 9.38. The van der Waals surface area contributed by atoms with Crippen LogP contribution in [0.4, 0.5) is 0 Å². The number of carbonyl (C=O) groups excluding carboxylic acids is 1. The average Bonchev–Trinajstić information content (AvgIpc) is 2.75. The zero-order chi connectivity index (χ0) is 16.5. The van der Waals surface area contributed by atoms with Gasteiger partial charge in [-0.1, -0.05) is 26.7 Å². The summed E-state index contributed by atoms with van der Waals surface area (Å²) in [6.45, 7) is 3.57. The van der Waals surface area contributed by atoms with Crippen molar-refractivity contribution in [1.82, 2.24) is 4.90 Å². The molecule has 126 valence electrons. The summed E-state index contributed by atoms with van der Waals surface area (Å²) in [5.41, 5.74) is 0. The van der Waals surface area contributed by atoms with Crippen molar-refractivity contribution < 1.29 is 23.1 Å². The molecule has 1 N–H and O–H groups in total. The SMILES string of the molecule is CC(C)CS(=O)(=O)CC(=O)N1[C@H](C(=O)O)C[C@H]2CCCC[C@@H]21. The van der Waals surface area contributed by atoms with Crippen LogP contribution in [0, 0.1) is 11.8 Å². The third-order valence-electron chi connectivity index (χ3n) is 4.59. The van der Waals surface area contributed by atoms with Crippen LogP contribution >= 0.6 is 0 Å². The van der Waals surface area contributed by atoms with Crippen LogP contribution in [0.1, 0.15) is 46.0 Å². The highest BCUT2D eigenvalue weighted by Crippen LogP contribution is 2.39. The highest BCUT2D eigenvalue weighted by atomic mass is 32.2. The largest absolute Gasteiger partial charge is 0.480 e. The molecule has 1 heterocycles.